The Labute approximate surface area is 213 Å². The molecule has 0 unspecified atom stereocenters. The highest BCUT2D eigenvalue weighted by molar-refractivity contribution is 6.07. The Balaban J connectivity index is 1.40. The van der Waals surface area contributed by atoms with Gasteiger partial charge in [-0.1, -0.05) is 66.7 Å². The molecule has 5 aromatic rings. The number of ether oxygens (including phenoxy) is 1. The zero-order valence-electron chi connectivity index (χ0n) is 20.6. The molecule has 1 aliphatic rings. The molecule has 1 aliphatic carbocycles. The summed E-state index contributed by atoms with van der Waals surface area (Å²) in [5.41, 5.74) is 4.30. The van der Waals surface area contributed by atoms with Gasteiger partial charge in [-0.05, 0) is 54.3 Å². The van der Waals surface area contributed by atoms with E-state index in [1.54, 1.807) is 23.7 Å². The Morgan fingerprint density at radius 2 is 1.46 bits per heavy atom. The Hall–Kier alpha value is -4.45. The maximum atomic E-state index is 13.5. The molecule has 0 spiro atoms. The van der Waals surface area contributed by atoms with Crippen molar-refractivity contribution in [1.82, 2.24) is 9.13 Å². The molecule has 2 aromatic heterocycles. The Bertz CT molecular complexity index is 1740. The standard InChI is InChI=1S/C31H26N2O4/c1-32-29(28(20-11-3-2-4-12-20)23-15-5-6-16-24(23)30(32)35)31(36)37-19-27(34)33-25-17-9-7-13-21(25)22-14-8-10-18-26(22)33/h2-7,9,11-13,15-17H,8,10,14,18-19H2,1H3. The molecule has 0 amide bonds. The molecule has 0 saturated carbocycles. The molecule has 0 saturated heterocycles. The Morgan fingerprint density at radius 1 is 0.811 bits per heavy atom. The van der Waals surface area contributed by atoms with Gasteiger partial charge < -0.3 is 9.30 Å². The monoisotopic (exact) mass is 490 g/mol. The number of aryl methyl sites for hydroxylation is 1. The molecular weight excluding hydrogens is 464 g/mol. The van der Waals surface area contributed by atoms with Gasteiger partial charge in [0.1, 0.15) is 5.69 Å². The highest BCUT2D eigenvalue weighted by Crippen LogP contribution is 2.33. The van der Waals surface area contributed by atoms with Gasteiger partial charge in [-0.3, -0.25) is 14.2 Å². The van der Waals surface area contributed by atoms with Crippen LogP contribution in [-0.4, -0.2) is 27.6 Å². The SMILES string of the molecule is Cn1c(C(=O)OCC(=O)n2c3c(c4ccccc42)CCCC3)c(-c2ccccc2)c2ccccc2c1=O. The van der Waals surface area contributed by atoms with Gasteiger partial charge in [0.2, 0.25) is 0 Å². The lowest BCUT2D eigenvalue weighted by molar-refractivity contribution is 0.0440. The maximum absolute atomic E-state index is 13.5. The van der Waals surface area contributed by atoms with E-state index in [0.717, 1.165) is 47.8 Å². The molecule has 3 aromatic carbocycles. The highest BCUT2D eigenvalue weighted by Gasteiger charge is 2.26. The van der Waals surface area contributed by atoms with Crippen molar-refractivity contribution in [3.8, 4) is 11.1 Å². The number of rotatable bonds is 4. The third-order valence-electron chi connectivity index (χ3n) is 7.31. The molecule has 0 fully saturated rings. The molecule has 37 heavy (non-hydrogen) atoms. The molecule has 0 bridgehead atoms. The first kappa shape index (κ1) is 23.0. The normalized spacial score (nSPS) is 13.0. The van der Waals surface area contributed by atoms with Gasteiger partial charge in [-0.15, -0.1) is 0 Å². The molecule has 184 valence electrons. The third-order valence-corrected chi connectivity index (χ3v) is 7.31. The molecule has 6 heteroatoms. The minimum Gasteiger partial charge on any atom is -0.451 e. The molecule has 0 radical (unpaired) electrons. The van der Waals surface area contributed by atoms with E-state index in [1.165, 1.54) is 10.1 Å². The Kier molecular flexibility index (Phi) is 5.72. The number of carbonyl (C=O) groups is 2. The van der Waals surface area contributed by atoms with Crippen molar-refractivity contribution in [3.63, 3.8) is 0 Å². The predicted octanol–water partition coefficient (Wildman–Crippen LogP) is 5.54. The average molecular weight is 491 g/mol. The van der Waals surface area contributed by atoms with E-state index < -0.39 is 12.6 Å². The van der Waals surface area contributed by atoms with Crippen LogP contribution in [0.15, 0.2) is 83.7 Å². The van der Waals surface area contributed by atoms with Crippen molar-refractivity contribution in [2.24, 2.45) is 7.05 Å². The van der Waals surface area contributed by atoms with E-state index in [-0.39, 0.29) is 17.2 Å². The second kappa shape index (κ2) is 9.21. The van der Waals surface area contributed by atoms with Crippen LogP contribution < -0.4 is 5.56 Å². The van der Waals surface area contributed by atoms with Gasteiger partial charge in [-0.2, -0.15) is 0 Å². The van der Waals surface area contributed by atoms with Crippen molar-refractivity contribution >= 4 is 33.6 Å². The van der Waals surface area contributed by atoms with Gasteiger partial charge in [0.05, 0.1) is 5.52 Å². The molecule has 2 heterocycles. The lowest BCUT2D eigenvalue weighted by Gasteiger charge is -2.17. The molecule has 6 rings (SSSR count). The van der Waals surface area contributed by atoms with E-state index in [9.17, 15) is 14.4 Å². The van der Waals surface area contributed by atoms with E-state index in [0.29, 0.717) is 16.3 Å². The number of esters is 1. The summed E-state index contributed by atoms with van der Waals surface area (Å²) in [6.45, 7) is -0.417. The van der Waals surface area contributed by atoms with Gasteiger partial charge in [0.25, 0.3) is 11.5 Å². The number of hydrogen-bond acceptors (Lipinski definition) is 4. The summed E-state index contributed by atoms with van der Waals surface area (Å²) in [5.74, 6) is -0.998. The molecule has 6 nitrogen and oxygen atoms in total. The number of benzene rings is 3. The number of fused-ring (bicyclic) bond motifs is 4. The van der Waals surface area contributed by atoms with Gasteiger partial charge >= 0.3 is 5.97 Å². The first-order valence-corrected chi connectivity index (χ1v) is 12.5. The van der Waals surface area contributed by atoms with Crippen LogP contribution in [0.1, 0.15) is 39.4 Å². The third kappa shape index (κ3) is 3.76. The van der Waals surface area contributed by atoms with Gasteiger partial charge in [-0.25, -0.2) is 4.79 Å². The van der Waals surface area contributed by atoms with Crippen molar-refractivity contribution in [3.05, 3.63) is 106 Å². The number of pyridine rings is 1. The second-order valence-electron chi connectivity index (χ2n) is 9.45. The largest absolute Gasteiger partial charge is 0.451 e. The minimum atomic E-state index is -0.706. The average Bonchev–Trinajstić information content (AvgIpc) is 3.28. The van der Waals surface area contributed by atoms with E-state index in [2.05, 4.69) is 0 Å². The summed E-state index contributed by atoms with van der Waals surface area (Å²) in [4.78, 5) is 40.2. The first-order chi connectivity index (χ1) is 18.1. The summed E-state index contributed by atoms with van der Waals surface area (Å²) in [6.07, 6.45) is 3.88. The maximum Gasteiger partial charge on any atom is 0.356 e. The van der Waals surface area contributed by atoms with Crippen LogP contribution in [0.5, 0.6) is 0 Å². The first-order valence-electron chi connectivity index (χ1n) is 12.5. The summed E-state index contributed by atoms with van der Waals surface area (Å²) in [6, 6.07) is 24.6. The zero-order valence-corrected chi connectivity index (χ0v) is 20.6. The fourth-order valence-corrected chi connectivity index (χ4v) is 5.64. The van der Waals surface area contributed by atoms with Crippen LogP contribution in [0.3, 0.4) is 0 Å². The summed E-state index contributed by atoms with van der Waals surface area (Å²) >= 11 is 0. The minimum absolute atomic E-state index is 0.127. The van der Waals surface area contributed by atoms with Crippen molar-refractivity contribution < 1.29 is 14.3 Å². The number of aromatic nitrogens is 2. The van der Waals surface area contributed by atoms with Crippen LogP contribution in [0, 0.1) is 0 Å². The van der Waals surface area contributed by atoms with Crippen LogP contribution >= 0.6 is 0 Å². The summed E-state index contributed by atoms with van der Waals surface area (Å²) in [7, 11) is 1.56. The number of para-hydroxylation sites is 1. The fraction of sp³-hybridized carbons (Fsp3) is 0.194. The summed E-state index contributed by atoms with van der Waals surface area (Å²) in [5, 5.41) is 2.27. The number of nitrogens with zero attached hydrogens (tertiary/aromatic N) is 2. The van der Waals surface area contributed by atoms with Crippen molar-refractivity contribution in [1.29, 1.82) is 0 Å². The van der Waals surface area contributed by atoms with Crippen LogP contribution in [0.2, 0.25) is 0 Å². The lowest BCUT2D eigenvalue weighted by atomic mass is 9.95. The topological polar surface area (TPSA) is 70.3 Å². The molecule has 0 atom stereocenters. The second-order valence-corrected chi connectivity index (χ2v) is 9.45. The van der Waals surface area contributed by atoms with Crippen molar-refractivity contribution in [2.45, 2.75) is 25.7 Å². The van der Waals surface area contributed by atoms with Crippen LogP contribution in [-0.2, 0) is 24.6 Å². The van der Waals surface area contributed by atoms with Crippen LogP contribution in [0.4, 0.5) is 0 Å². The van der Waals surface area contributed by atoms with Crippen molar-refractivity contribution in [2.75, 3.05) is 6.61 Å². The van der Waals surface area contributed by atoms with Gasteiger partial charge in [0.15, 0.2) is 6.61 Å². The summed E-state index contributed by atoms with van der Waals surface area (Å²) < 4.78 is 8.67. The predicted molar refractivity (Wildman–Crippen MR) is 144 cm³/mol. The molecule has 0 N–H and O–H groups in total. The molecule has 0 aliphatic heterocycles. The quantitative estimate of drug-likeness (QED) is 0.310. The van der Waals surface area contributed by atoms with E-state index in [4.69, 9.17) is 4.74 Å². The number of carbonyl (C=O) groups excluding carboxylic acids is 2. The molecular formula is C31H26N2O4. The highest BCUT2D eigenvalue weighted by atomic mass is 16.5. The number of hydrogen-bond donors (Lipinski definition) is 0. The lowest BCUT2D eigenvalue weighted by Crippen LogP contribution is -2.28. The van der Waals surface area contributed by atoms with E-state index in [1.807, 2.05) is 66.7 Å². The van der Waals surface area contributed by atoms with E-state index >= 15 is 0 Å². The zero-order chi connectivity index (χ0) is 25.5. The Morgan fingerprint density at radius 3 is 2.24 bits per heavy atom. The van der Waals surface area contributed by atoms with Crippen LogP contribution in [0.25, 0.3) is 32.8 Å². The van der Waals surface area contributed by atoms with Gasteiger partial charge in [0, 0.05) is 29.1 Å². The fourth-order valence-electron chi connectivity index (χ4n) is 5.64. The smallest absolute Gasteiger partial charge is 0.356 e.